The van der Waals surface area contributed by atoms with E-state index in [-0.39, 0.29) is 0 Å². The molecule has 2 rings (SSSR count). The quantitative estimate of drug-likeness (QED) is 0.499. The third kappa shape index (κ3) is 5.01. The van der Waals surface area contributed by atoms with E-state index >= 15 is 0 Å². The molecule has 0 saturated heterocycles. The van der Waals surface area contributed by atoms with Gasteiger partial charge in [0.1, 0.15) is 5.75 Å². The largest absolute Gasteiger partial charge is 0.494 e. The minimum atomic E-state index is 0.663. The van der Waals surface area contributed by atoms with Crippen LogP contribution in [0.15, 0.2) is 47.6 Å². The molecule has 0 aliphatic carbocycles. The summed E-state index contributed by atoms with van der Waals surface area (Å²) in [7, 11) is 0. The van der Waals surface area contributed by atoms with Crippen molar-refractivity contribution >= 4 is 29.1 Å². The Kier molecular flexibility index (Phi) is 5.36. The maximum Gasteiger partial charge on any atom is 0.119 e. The monoisotopic (exact) mass is 294 g/mol. The molecule has 2 aromatic rings. The van der Waals surface area contributed by atoms with Crippen molar-refractivity contribution in [3.05, 3.63) is 47.6 Å². The van der Waals surface area contributed by atoms with Crippen LogP contribution in [0.1, 0.15) is 6.42 Å². The number of anilines is 1. The second-order valence-corrected chi connectivity index (χ2v) is 5.49. The van der Waals surface area contributed by atoms with Crippen LogP contribution in [0, 0.1) is 0 Å². The van der Waals surface area contributed by atoms with Crippen LogP contribution >= 0.6 is 23.4 Å². The Bertz CT molecular complexity index is 454. The Morgan fingerprint density at radius 1 is 1.16 bits per heavy atom. The van der Waals surface area contributed by atoms with E-state index in [1.54, 1.807) is 18.0 Å². The number of hydrogen-bond donors (Lipinski definition) is 1. The molecule has 0 aliphatic rings. The summed E-state index contributed by atoms with van der Waals surface area (Å²) in [5, 5.41) is 1.65. The fourth-order valence-electron chi connectivity index (χ4n) is 1.44. The van der Waals surface area contributed by atoms with E-state index in [0.717, 1.165) is 28.6 Å². The lowest BCUT2D eigenvalue weighted by molar-refractivity contribution is 0.319. The van der Waals surface area contributed by atoms with Crippen molar-refractivity contribution in [1.29, 1.82) is 0 Å². The number of ether oxygens (including phenoxy) is 1. The molecule has 0 radical (unpaired) electrons. The first-order valence-corrected chi connectivity index (χ1v) is 7.33. The summed E-state index contributed by atoms with van der Waals surface area (Å²) in [6, 6.07) is 11.2. The van der Waals surface area contributed by atoms with E-state index in [4.69, 9.17) is 22.1 Å². The van der Waals surface area contributed by atoms with Gasteiger partial charge in [-0.2, -0.15) is 0 Å². The molecule has 0 unspecified atom stereocenters. The molecule has 2 N–H and O–H groups in total. The summed E-state index contributed by atoms with van der Waals surface area (Å²) in [5.74, 6) is 1.81. The first kappa shape index (κ1) is 14.0. The highest BCUT2D eigenvalue weighted by Crippen LogP contribution is 2.18. The van der Waals surface area contributed by atoms with Crippen molar-refractivity contribution in [2.24, 2.45) is 0 Å². The topological polar surface area (TPSA) is 48.1 Å². The molecule has 0 atom stereocenters. The van der Waals surface area contributed by atoms with E-state index in [1.165, 1.54) is 0 Å². The summed E-state index contributed by atoms with van der Waals surface area (Å²) >= 11 is 7.47. The highest BCUT2D eigenvalue weighted by atomic mass is 35.5. The Hall–Kier alpha value is -1.39. The number of pyridine rings is 1. The number of nitrogens with two attached hydrogens (primary N) is 1. The van der Waals surface area contributed by atoms with Crippen molar-refractivity contribution in [2.45, 2.75) is 11.4 Å². The highest BCUT2D eigenvalue weighted by molar-refractivity contribution is 7.99. The van der Waals surface area contributed by atoms with Gasteiger partial charge < -0.3 is 10.5 Å². The van der Waals surface area contributed by atoms with Gasteiger partial charge in [0.25, 0.3) is 0 Å². The zero-order valence-corrected chi connectivity index (χ0v) is 12.0. The first-order chi connectivity index (χ1) is 9.24. The lowest BCUT2D eigenvalue weighted by Gasteiger charge is -2.06. The number of benzene rings is 1. The number of thioether (sulfide) groups is 1. The van der Waals surface area contributed by atoms with Crippen molar-refractivity contribution in [1.82, 2.24) is 4.98 Å². The molecule has 0 fully saturated rings. The lowest BCUT2D eigenvalue weighted by Crippen LogP contribution is -1.99. The van der Waals surface area contributed by atoms with Gasteiger partial charge in [-0.1, -0.05) is 11.6 Å². The summed E-state index contributed by atoms with van der Waals surface area (Å²) < 4.78 is 5.61. The fourth-order valence-corrected chi connectivity index (χ4v) is 2.31. The zero-order chi connectivity index (χ0) is 13.5. The Balaban J connectivity index is 1.64. The van der Waals surface area contributed by atoms with Crippen LogP contribution in [0.25, 0.3) is 0 Å². The molecular weight excluding hydrogens is 280 g/mol. The van der Waals surface area contributed by atoms with Gasteiger partial charge in [-0.25, -0.2) is 4.98 Å². The van der Waals surface area contributed by atoms with Gasteiger partial charge in [0.2, 0.25) is 0 Å². The fraction of sp³-hybridized carbons (Fsp3) is 0.214. The van der Waals surface area contributed by atoms with Crippen molar-refractivity contribution in [3.8, 4) is 5.75 Å². The Morgan fingerprint density at radius 3 is 2.63 bits per heavy atom. The van der Waals surface area contributed by atoms with Gasteiger partial charge in [-0.15, -0.1) is 11.8 Å². The van der Waals surface area contributed by atoms with E-state index in [1.807, 2.05) is 36.4 Å². The van der Waals surface area contributed by atoms with E-state index in [2.05, 4.69) is 4.98 Å². The predicted molar refractivity (Wildman–Crippen MR) is 80.9 cm³/mol. The summed E-state index contributed by atoms with van der Waals surface area (Å²) in [6.07, 6.45) is 2.62. The smallest absolute Gasteiger partial charge is 0.119 e. The molecule has 1 aromatic carbocycles. The second kappa shape index (κ2) is 7.26. The molecule has 0 amide bonds. The van der Waals surface area contributed by atoms with E-state index in [9.17, 15) is 0 Å². The van der Waals surface area contributed by atoms with Crippen LogP contribution in [0.4, 0.5) is 5.69 Å². The SMILES string of the molecule is Nc1ccc(OCCCSc2ccc(Cl)cn2)cc1. The predicted octanol–water partition coefficient (Wildman–Crippen LogP) is 3.88. The number of halogens is 1. The van der Waals surface area contributed by atoms with Crippen LogP contribution in [-0.4, -0.2) is 17.3 Å². The molecule has 5 heteroatoms. The minimum absolute atomic E-state index is 0.663. The standard InChI is InChI=1S/C14H15ClN2OS/c15-11-2-7-14(17-10-11)19-9-1-8-18-13-5-3-12(16)4-6-13/h2-7,10H,1,8-9,16H2. The summed E-state index contributed by atoms with van der Waals surface area (Å²) in [6.45, 7) is 0.685. The molecule has 1 heterocycles. The number of nitrogens with zero attached hydrogens (tertiary/aromatic N) is 1. The van der Waals surface area contributed by atoms with Crippen LogP contribution < -0.4 is 10.5 Å². The third-order valence-corrected chi connectivity index (χ3v) is 3.64. The third-order valence-electron chi connectivity index (χ3n) is 2.39. The van der Waals surface area contributed by atoms with Gasteiger partial charge in [0, 0.05) is 17.6 Å². The minimum Gasteiger partial charge on any atom is -0.494 e. The molecule has 0 spiro atoms. The molecule has 0 bridgehead atoms. The molecular formula is C14H15ClN2OS. The van der Waals surface area contributed by atoms with Gasteiger partial charge in [0.05, 0.1) is 16.7 Å². The van der Waals surface area contributed by atoms with Crippen LogP contribution in [0.2, 0.25) is 5.02 Å². The van der Waals surface area contributed by atoms with E-state index in [0.29, 0.717) is 11.6 Å². The molecule has 19 heavy (non-hydrogen) atoms. The number of rotatable bonds is 6. The molecule has 1 aromatic heterocycles. The number of nitrogen functional groups attached to an aromatic ring is 1. The van der Waals surface area contributed by atoms with Gasteiger partial charge in [-0.05, 0) is 42.8 Å². The summed E-state index contributed by atoms with van der Waals surface area (Å²) in [5.41, 5.74) is 6.35. The first-order valence-electron chi connectivity index (χ1n) is 5.97. The maximum atomic E-state index is 5.77. The van der Waals surface area contributed by atoms with Crippen molar-refractivity contribution in [3.63, 3.8) is 0 Å². The van der Waals surface area contributed by atoms with E-state index < -0.39 is 0 Å². The molecule has 0 aliphatic heterocycles. The van der Waals surface area contributed by atoms with Gasteiger partial charge in [0.15, 0.2) is 0 Å². The van der Waals surface area contributed by atoms with Gasteiger partial charge >= 0.3 is 0 Å². The van der Waals surface area contributed by atoms with Crippen LogP contribution in [0.3, 0.4) is 0 Å². The average Bonchev–Trinajstić information content (AvgIpc) is 2.43. The Labute approximate surface area is 122 Å². The molecule has 100 valence electrons. The van der Waals surface area contributed by atoms with Crippen LogP contribution in [-0.2, 0) is 0 Å². The average molecular weight is 295 g/mol. The highest BCUT2D eigenvalue weighted by Gasteiger charge is 1.97. The number of hydrogen-bond acceptors (Lipinski definition) is 4. The normalized spacial score (nSPS) is 10.4. The van der Waals surface area contributed by atoms with Crippen molar-refractivity contribution in [2.75, 3.05) is 18.1 Å². The van der Waals surface area contributed by atoms with Crippen LogP contribution in [0.5, 0.6) is 5.75 Å². The zero-order valence-electron chi connectivity index (χ0n) is 10.4. The Morgan fingerprint density at radius 2 is 1.95 bits per heavy atom. The van der Waals surface area contributed by atoms with Crippen molar-refractivity contribution < 1.29 is 4.74 Å². The second-order valence-electron chi connectivity index (χ2n) is 3.93. The lowest BCUT2D eigenvalue weighted by atomic mass is 10.3. The maximum absolute atomic E-state index is 5.77. The number of aromatic nitrogens is 1. The van der Waals surface area contributed by atoms with Gasteiger partial charge in [-0.3, -0.25) is 0 Å². The molecule has 0 saturated carbocycles. The molecule has 3 nitrogen and oxygen atoms in total. The summed E-state index contributed by atoms with van der Waals surface area (Å²) in [4.78, 5) is 4.22.